The van der Waals surface area contributed by atoms with E-state index in [1.54, 1.807) is 23.5 Å². The van der Waals surface area contributed by atoms with Crippen LogP contribution in [0.1, 0.15) is 26.3 Å². The highest BCUT2D eigenvalue weighted by molar-refractivity contribution is 8.01. The minimum Gasteiger partial charge on any atom is -0.300 e. The number of thioether (sulfide) groups is 2. The lowest BCUT2D eigenvalue weighted by atomic mass is 10.2. The number of nitrogens with zero attached hydrogens (tertiary/aromatic N) is 2. The minimum atomic E-state index is -0.134. The van der Waals surface area contributed by atoms with E-state index >= 15 is 0 Å². The van der Waals surface area contributed by atoms with Crippen LogP contribution in [0.3, 0.4) is 0 Å². The Morgan fingerprint density at radius 1 is 1.23 bits per heavy atom. The van der Waals surface area contributed by atoms with Gasteiger partial charge in [-0.15, -0.1) is 22.0 Å². The SMILES string of the molecule is CC(C)Sc1nnc(NC(=O)[C@H](C)SCc2ccccc2)s1. The lowest BCUT2D eigenvalue weighted by Gasteiger charge is -2.10. The van der Waals surface area contributed by atoms with Crippen LogP contribution in [0.2, 0.25) is 0 Å². The van der Waals surface area contributed by atoms with Crippen molar-refractivity contribution < 1.29 is 4.79 Å². The molecule has 7 heteroatoms. The van der Waals surface area contributed by atoms with Crippen LogP contribution < -0.4 is 5.32 Å². The van der Waals surface area contributed by atoms with Crippen molar-refractivity contribution >= 4 is 45.9 Å². The second-order valence-corrected chi connectivity index (χ2v) is 9.10. The molecule has 22 heavy (non-hydrogen) atoms. The van der Waals surface area contributed by atoms with Gasteiger partial charge in [0.15, 0.2) is 4.34 Å². The summed E-state index contributed by atoms with van der Waals surface area (Å²) in [6, 6.07) is 10.1. The first kappa shape index (κ1) is 17.3. The third kappa shape index (κ3) is 5.62. The van der Waals surface area contributed by atoms with Crippen molar-refractivity contribution in [3.8, 4) is 0 Å². The standard InChI is InChI=1S/C15H19N3OS3/c1-10(2)21-15-18-17-14(22-15)16-13(19)11(3)20-9-12-7-5-4-6-8-12/h4-8,10-11H,9H2,1-3H3,(H,16,17,19)/t11-/m0/s1. The Balaban J connectivity index is 1.82. The molecule has 1 amide bonds. The van der Waals surface area contributed by atoms with Crippen LogP contribution in [-0.2, 0) is 10.5 Å². The second-order valence-electron chi connectivity index (χ2n) is 4.97. The van der Waals surface area contributed by atoms with Gasteiger partial charge in [0.05, 0.1) is 5.25 Å². The van der Waals surface area contributed by atoms with Gasteiger partial charge in [0.2, 0.25) is 11.0 Å². The number of anilines is 1. The lowest BCUT2D eigenvalue weighted by molar-refractivity contribution is -0.115. The van der Waals surface area contributed by atoms with Gasteiger partial charge in [-0.3, -0.25) is 10.1 Å². The summed E-state index contributed by atoms with van der Waals surface area (Å²) < 4.78 is 0.884. The Hall–Kier alpha value is -1.05. The molecule has 0 aliphatic rings. The number of benzene rings is 1. The van der Waals surface area contributed by atoms with Crippen LogP contribution in [-0.4, -0.2) is 26.6 Å². The number of hydrogen-bond donors (Lipinski definition) is 1. The van der Waals surface area contributed by atoms with E-state index < -0.39 is 0 Å². The van der Waals surface area contributed by atoms with Gasteiger partial charge in [-0.05, 0) is 12.5 Å². The maximum Gasteiger partial charge on any atom is 0.239 e. The number of hydrogen-bond acceptors (Lipinski definition) is 6. The normalized spacial score (nSPS) is 12.4. The fourth-order valence-electron chi connectivity index (χ4n) is 1.59. The minimum absolute atomic E-state index is 0.0295. The highest BCUT2D eigenvalue weighted by Crippen LogP contribution is 2.29. The van der Waals surface area contributed by atoms with Gasteiger partial charge in [-0.25, -0.2) is 0 Å². The van der Waals surface area contributed by atoms with Crippen LogP contribution in [0.25, 0.3) is 0 Å². The first-order chi connectivity index (χ1) is 10.5. The van der Waals surface area contributed by atoms with Crippen molar-refractivity contribution in [3.63, 3.8) is 0 Å². The number of rotatable bonds is 7. The van der Waals surface area contributed by atoms with E-state index in [4.69, 9.17) is 0 Å². The lowest BCUT2D eigenvalue weighted by Crippen LogP contribution is -2.22. The van der Waals surface area contributed by atoms with Gasteiger partial charge in [0.1, 0.15) is 0 Å². The molecule has 0 radical (unpaired) electrons. The topological polar surface area (TPSA) is 54.9 Å². The molecule has 0 aliphatic carbocycles. The molecular formula is C15H19N3OS3. The fourth-order valence-corrected chi connectivity index (χ4v) is 4.41. The highest BCUT2D eigenvalue weighted by atomic mass is 32.2. The van der Waals surface area contributed by atoms with Crippen molar-refractivity contribution in [3.05, 3.63) is 35.9 Å². The van der Waals surface area contributed by atoms with Crippen molar-refractivity contribution in [2.24, 2.45) is 0 Å². The van der Waals surface area contributed by atoms with Crippen LogP contribution in [0.15, 0.2) is 34.7 Å². The monoisotopic (exact) mass is 353 g/mol. The molecule has 1 aromatic carbocycles. The first-order valence-corrected chi connectivity index (χ1v) is 9.75. The zero-order valence-electron chi connectivity index (χ0n) is 12.8. The summed E-state index contributed by atoms with van der Waals surface area (Å²) >= 11 is 4.69. The van der Waals surface area contributed by atoms with Crippen LogP contribution in [0.5, 0.6) is 0 Å². The second kappa shape index (κ2) is 8.55. The molecule has 2 rings (SSSR count). The Bertz CT molecular complexity index is 601. The quantitative estimate of drug-likeness (QED) is 0.594. The molecule has 0 fully saturated rings. The van der Waals surface area contributed by atoms with Crippen molar-refractivity contribution in [1.29, 1.82) is 0 Å². The molecule has 4 nitrogen and oxygen atoms in total. The fraction of sp³-hybridized carbons (Fsp3) is 0.400. The molecule has 0 spiro atoms. The number of nitrogens with one attached hydrogen (secondary N) is 1. The number of aromatic nitrogens is 2. The summed E-state index contributed by atoms with van der Waals surface area (Å²) in [4.78, 5) is 12.2. The highest BCUT2D eigenvalue weighted by Gasteiger charge is 2.16. The zero-order chi connectivity index (χ0) is 15.9. The van der Waals surface area contributed by atoms with Gasteiger partial charge in [0.25, 0.3) is 0 Å². The van der Waals surface area contributed by atoms with E-state index in [9.17, 15) is 4.79 Å². The molecule has 0 unspecified atom stereocenters. The largest absolute Gasteiger partial charge is 0.300 e. The maximum atomic E-state index is 12.2. The molecule has 0 aliphatic heterocycles. The van der Waals surface area contributed by atoms with Crippen molar-refractivity contribution in [1.82, 2.24) is 10.2 Å². The number of carbonyl (C=O) groups excluding carboxylic acids is 1. The summed E-state index contributed by atoms with van der Waals surface area (Å²) in [5.74, 6) is 0.790. The number of carbonyl (C=O) groups is 1. The average molecular weight is 354 g/mol. The van der Waals surface area contributed by atoms with Gasteiger partial charge in [-0.1, -0.05) is 67.3 Å². The van der Waals surface area contributed by atoms with E-state index in [-0.39, 0.29) is 11.2 Å². The van der Waals surface area contributed by atoms with Gasteiger partial charge in [0, 0.05) is 11.0 Å². The van der Waals surface area contributed by atoms with Crippen LogP contribution >= 0.6 is 34.9 Å². The third-order valence-corrected chi connectivity index (χ3v) is 5.83. The molecule has 0 bridgehead atoms. The molecule has 1 N–H and O–H groups in total. The van der Waals surface area contributed by atoms with Gasteiger partial charge in [-0.2, -0.15) is 0 Å². The molecule has 0 saturated heterocycles. The van der Waals surface area contributed by atoms with E-state index in [1.165, 1.54) is 16.9 Å². The summed E-state index contributed by atoms with van der Waals surface area (Å²) in [6.45, 7) is 6.12. The van der Waals surface area contributed by atoms with Gasteiger partial charge >= 0.3 is 0 Å². The van der Waals surface area contributed by atoms with E-state index in [0.29, 0.717) is 10.4 Å². The predicted octanol–water partition coefficient (Wildman–Crippen LogP) is 4.30. The van der Waals surface area contributed by atoms with Crippen molar-refractivity contribution in [2.75, 3.05) is 5.32 Å². The summed E-state index contributed by atoms with van der Waals surface area (Å²) in [7, 11) is 0. The predicted molar refractivity (Wildman–Crippen MR) is 96.7 cm³/mol. The Morgan fingerprint density at radius 2 is 1.95 bits per heavy atom. The Morgan fingerprint density at radius 3 is 2.64 bits per heavy atom. The summed E-state index contributed by atoms with van der Waals surface area (Å²) in [6.07, 6.45) is 0. The molecule has 118 valence electrons. The van der Waals surface area contributed by atoms with E-state index in [1.807, 2.05) is 25.1 Å². The van der Waals surface area contributed by atoms with E-state index in [2.05, 4.69) is 41.5 Å². The third-order valence-electron chi connectivity index (χ3n) is 2.69. The molecule has 1 atom stereocenters. The average Bonchev–Trinajstić information content (AvgIpc) is 2.92. The molecule has 2 aromatic rings. The molecule has 1 aromatic heterocycles. The van der Waals surface area contributed by atoms with Crippen LogP contribution in [0.4, 0.5) is 5.13 Å². The molecular weight excluding hydrogens is 334 g/mol. The number of amides is 1. The maximum absolute atomic E-state index is 12.2. The van der Waals surface area contributed by atoms with Crippen LogP contribution in [0, 0.1) is 0 Å². The molecule has 1 heterocycles. The van der Waals surface area contributed by atoms with E-state index in [0.717, 1.165) is 10.1 Å². The van der Waals surface area contributed by atoms with Gasteiger partial charge < -0.3 is 0 Å². The first-order valence-electron chi connectivity index (χ1n) is 7.01. The Kier molecular flexibility index (Phi) is 6.72. The van der Waals surface area contributed by atoms with Crippen molar-refractivity contribution in [2.45, 2.75) is 41.4 Å². The summed E-state index contributed by atoms with van der Waals surface area (Å²) in [5, 5.41) is 11.8. The Labute approximate surface area is 143 Å². The summed E-state index contributed by atoms with van der Waals surface area (Å²) in [5.41, 5.74) is 1.22. The zero-order valence-corrected chi connectivity index (χ0v) is 15.2. The smallest absolute Gasteiger partial charge is 0.239 e. The molecule has 0 saturated carbocycles.